The van der Waals surface area contributed by atoms with Gasteiger partial charge in [0.15, 0.2) is 0 Å². The molecule has 7 nitrogen and oxygen atoms in total. The molecule has 0 radical (unpaired) electrons. The van der Waals surface area contributed by atoms with Gasteiger partial charge in [-0.2, -0.15) is 10.2 Å². The van der Waals surface area contributed by atoms with Crippen LogP contribution in [0.25, 0.3) is 0 Å². The molecule has 2 heterocycles. The van der Waals surface area contributed by atoms with Gasteiger partial charge in [0, 0.05) is 12.7 Å². The fourth-order valence-corrected chi connectivity index (χ4v) is 2.73. The lowest BCUT2D eigenvalue weighted by molar-refractivity contribution is -0.122. The average molecular weight is 359 g/mol. The molecule has 0 bridgehead atoms. The van der Waals surface area contributed by atoms with E-state index in [-0.39, 0.29) is 18.5 Å². The van der Waals surface area contributed by atoms with E-state index in [1.165, 1.54) is 6.33 Å². The van der Waals surface area contributed by atoms with Crippen LogP contribution in [-0.2, 0) is 17.9 Å². The van der Waals surface area contributed by atoms with Crippen LogP contribution in [0.15, 0.2) is 49.2 Å². The van der Waals surface area contributed by atoms with E-state index in [0.29, 0.717) is 23.7 Å². The molecule has 0 saturated heterocycles. The number of hydrogen-bond acceptors (Lipinski definition) is 4. The number of benzene rings is 1. The lowest BCUT2D eigenvalue weighted by Gasteiger charge is -2.19. The van der Waals surface area contributed by atoms with Crippen molar-refractivity contribution in [3.05, 3.63) is 65.5 Å². The third-order valence-corrected chi connectivity index (χ3v) is 4.21. The highest BCUT2D eigenvalue weighted by Gasteiger charge is 2.16. The number of nitrogens with zero attached hydrogens (tertiary/aromatic N) is 5. The number of hydrogen-bond donors (Lipinski definition) is 1. The molecule has 2 aromatic heterocycles. The van der Waals surface area contributed by atoms with Gasteiger partial charge < -0.3 is 5.32 Å². The van der Waals surface area contributed by atoms with Crippen molar-refractivity contribution in [1.29, 1.82) is 0 Å². The molecule has 1 unspecified atom stereocenters. The van der Waals surface area contributed by atoms with Gasteiger partial charge in [0.2, 0.25) is 5.91 Å². The van der Waals surface area contributed by atoms with E-state index in [4.69, 9.17) is 11.6 Å². The third kappa shape index (κ3) is 4.67. The van der Waals surface area contributed by atoms with Crippen molar-refractivity contribution >= 4 is 17.5 Å². The lowest BCUT2D eigenvalue weighted by atomic mass is 10.0. The van der Waals surface area contributed by atoms with E-state index in [9.17, 15) is 4.79 Å². The zero-order valence-corrected chi connectivity index (χ0v) is 14.6. The Morgan fingerprint density at radius 2 is 2.08 bits per heavy atom. The van der Waals surface area contributed by atoms with E-state index in [0.717, 1.165) is 5.56 Å². The first kappa shape index (κ1) is 17.2. The quantitative estimate of drug-likeness (QED) is 0.703. The standard InChI is InChI=1S/C17H19ClN6O/c1-13-15(18)9-24(22-13)10-17(25)21-16(14-5-3-2-4-6-14)7-8-23-12-19-11-20-23/h2-6,9,11-12,16H,7-8,10H2,1H3,(H,21,25). The van der Waals surface area contributed by atoms with E-state index in [1.54, 1.807) is 21.9 Å². The molecule has 3 aromatic rings. The van der Waals surface area contributed by atoms with Gasteiger partial charge in [-0.25, -0.2) is 4.98 Å². The highest BCUT2D eigenvalue weighted by atomic mass is 35.5. The second kappa shape index (κ2) is 7.94. The van der Waals surface area contributed by atoms with Crippen molar-refractivity contribution in [2.24, 2.45) is 0 Å². The minimum absolute atomic E-state index is 0.119. The smallest absolute Gasteiger partial charge is 0.242 e. The molecule has 0 aliphatic heterocycles. The maximum Gasteiger partial charge on any atom is 0.242 e. The maximum absolute atomic E-state index is 12.4. The summed E-state index contributed by atoms with van der Waals surface area (Å²) in [6.07, 6.45) is 5.53. The second-order valence-corrected chi connectivity index (χ2v) is 6.15. The van der Waals surface area contributed by atoms with Gasteiger partial charge in [-0.3, -0.25) is 14.2 Å². The van der Waals surface area contributed by atoms with E-state index < -0.39 is 0 Å². The van der Waals surface area contributed by atoms with Crippen LogP contribution in [-0.4, -0.2) is 30.5 Å². The minimum atomic E-state index is -0.120. The molecule has 1 atom stereocenters. The van der Waals surface area contributed by atoms with Gasteiger partial charge in [0.05, 0.1) is 16.8 Å². The Morgan fingerprint density at radius 3 is 2.72 bits per heavy atom. The summed E-state index contributed by atoms with van der Waals surface area (Å²) in [5.41, 5.74) is 1.76. The fraction of sp³-hybridized carbons (Fsp3) is 0.294. The van der Waals surface area contributed by atoms with Crippen LogP contribution in [0, 0.1) is 6.92 Å². The zero-order valence-electron chi connectivity index (χ0n) is 13.8. The van der Waals surface area contributed by atoms with E-state index in [2.05, 4.69) is 20.5 Å². The molecule has 25 heavy (non-hydrogen) atoms. The molecule has 1 amide bonds. The predicted octanol–water partition coefficient (Wildman–Crippen LogP) is 2.38. The van der Waals surface area contributed by atoms with Crippen LogP contribution >= 0.6 is 11.6 Å². The Labute approximate surface area is 150 Å². The van der Waals surface area contributed by atoms with E-state index in [1.807, 2.05) is 37.3 Å². The van der Waals surface area contributed by atoms with Crippen molar-refractivity contribution in [2.75, 3.05) is 0 Å². The van der Waals surface area contributed by atoms with Gasteiger partial charge in [0.1, 0.15) is 19.2 Å². The van der Waals surface area contributed by atoms with Crippen LogP contribution in [0.3, 0.4) is 0 Å². The Bertz CT molecular complexity index is 796. The number of rotatable bonds is 7. The van der Waals surface area contributed by atoms with Gasteiger partial charge in [-0.05, 0) is 18.9 Å². The molecule has 1 aromatic carbocycles. The maximum atomic E-state index is 12.4. The van der Waals surface area contributed by atoms with Crippen molar-refractivity contribution in [3.8, 4) is 0 Å². The number of nitrogens with one attached hydrogen (secondary N) is 1. The molecule has 130 valence electrons. The summed E-state index contributed by atoms with van der Waals surface area (Å²) in [4.78, 5) is 16.4. The highest BCUT2D eigenvalue weighted by Crippen LogP contribution is 2.18. The summed E-state index contributed by atoms with van der Waals surface area (Å²) >= 11 is 5.99. The first-order chi connectivity index (χ1) is 12.1. The summed E-state index contributed by atoms with van der Waals surface area (Å²) in [6.45, 7) is 2.59. The normalized spacial score (nSPS) is 12.1. The molecule has 1 N–H and O–H groups in total. The Hall–Kier alpha value is -2.67. The van der Waals surface area contributed by atoms with Crippen LogP contribution < -0.4 is 5.32 Å². The number of amides is 1. The van der Waals surface area contributed by atoms with Crippen molar-refractivity contribution in [3.63, 3.8) is 0 Å². The fourth-order valence-electron chi connectivity index (χ4n) is 2.58. The highest BCUT2D eigenvalue weighted by molar-refractivity contribution is 6.31. The Kier molecular flexibility index (Phi) is 5.45. The largest absolute Gasteiger partial charge is 0.348 e. The zero-order chi connectivity index (χ0) is 17.6. The second-order valence-electron chi connectivity index (χ2n) is 5.74. The SMILES string of the molecule is Cc1nn(CC(=O)NC(CCn2cncn2)c2ccccc2)cc1Cl. The molecule has 0 fully saturated rings. The molecule has 0 aliphatic rings. The van der Waals surface area contributed by atoms with Gasteiger partial charge >= 0.3 is 0 Å². The first-order valence-electron chi connectivity index (χ1n) is 7.98. The first-order valence-corrected chi connectivity index (χ1v) is 8.36. The molecule has 0 saturated carbocycles. The summed E-state index contributed by atoms with van der Waals surface area (Å²) in [7, 11) is 0. The third-order valence-electron chi connectivity index (χ3n) is 3.84. The topological polar surface area (TPSA) is 77.6 Å². The molecular weight excluding hydrogens is 340 g/mol. The van der Waals surface area contributed by atoms with Crippen LogP contribution in [0.5, 0.6) is 0 Å². The molecule has 8 heteroatoms. The van der Waals surface area contributed by atoms with Crippen molar-refractivity contribution < 1.29 is 4.79 Å². The van der Waals surface area contributed by atoms with E-state index >= 15 is 0 Å². The van der Waals surface area contributed by atoms with Crippen molar-refractivity contribution in [2.45, 2.75) is 32.5 Å². The van der Waals surface area contributed by atoms with Gasteiger partial charge in [-0.1, -0.05) is 41.9 Å². The average Bonchev–Trinajstić information content (AvgIpc) is 3.22. The van der Waals surface area contributed by atoms with Crippen LogP contribution in [0.1, 0.15) is 23.7 Å². The molecule has 3 rings (SSSR count). The Balaban J connectivity index is 1.66. The van der Waals surface area contributed by atoms with Gasteiger partial charge in [-0.15, -0.1) is 0 Å². The minimum Gasteiger partial charge on any atom is -0.348 e. The van der Waals surface area contributed by atoms with Crippen LogP contribution in [0.4, 0.5) is 0 Å². The predicted molar refractivity (Wildman–Crippen MR) is 93.9 cm³/mol. The number of carbonyl (C=O) groups excluding carboxylic acids is 1. The monoisotopic (exact) mass is 358 g/mol. The molecule has 0 spiro atoms. The summed E-state index contributed by atoms with van der Waals surface area (Å²) < 4.78 is 3.30. The number of carbonyl (C=O) groups is 1. The number of halogens is 1. The summed E-state index contributed by atoms with van der Waals surface area (Å²) in [5, 5.41) is 11.9. The summed E-state index contributed by atoms with van der Waals surface area (Å²) in [5.74, 6) is -0.119. The summed E-state index contributed by atoms with van der Waals surface area (Å²) in [6, 6.07) is 9.75. The number of aromatic nitrogens is 5. The molecule has 0 aliphatic carbocycles. The van der Waals surface area contributed by atoms with Crippen molar-refractivity contribution in [1.82, 2.24) is 29.9 Å². The molecular formula is C17H19ClN6O. The van der Waals surface area contributed by atoms with Gasteiger partial charge in [0.25, 0.3) is 0 Å². The Morgan fingerprint density at radius 1 is 1.28 bits per heavy atom. The number of aryl methyl sites for hydroxylation is 2. The van der Waals surface area contributed by atoms with Crippen LogP contribution in [0.2, 0.25) is 5.02 Å². The lowest BCUT2D eigenvalue weighted by Crippen LogP contribution is -2.32.